The second-order valence-corrected chi connectivity index (χ2v) is 3.55. The van der Waals surface area contributed by atoms with E-state index in [1.165, 1.54) is 0 Å². The van der Waals surface area contributed by atoms with Crippen LogP contribution in [0, 0.1) is 3.70 Å². The van der Waals surface area contributed by atoms with E-state index in [1.54, 1.807) is 22.6 Å². The molecule has 0 aliphatic carbocycles. The van der Waals surface area contributed by atoms with E-state index < -0.39 is 23.2 Å². The van der Waals surface area contributed by atoms with Crippen LogP contribution in [0.15, 0.2) is 10.9 Å². The van der Waals surface area contributed by atoms with E-state index in [0.29, 0.717) is 0 Å². The van der Waals surface area contributed by atoms with Crippen LogP contribution in [0.2, 0.25) is 0 Å². The predicted molar refractivity (Wildman–Crippen MR) is 51.9 cm³/mol. The number of rotatable bonds is 2. The summed E-state index contributed by atoms with van der Waals surface area (Å²) in [5.41, 5.74) is -1.51. The minimum Gasteiger partial charge on any atom is -0.389 e. The summed E-state index contributed by atoms with van der Waals surface area (Å²) < 4.78 is 39.2. The van der Waals surface area contributed by atoms with Crippen molar-refractivity contribution in [3.8, 4) is 5.88 Å². The summed E-state index contributed by atoms with van der Waals surface area (Å²) in [7, 11) is 0. The Morgan fingerprint density at radius 2 is 2.07 bits per heavy atom. The fourth-order valence-corrected chi connectivity index (χ4v) is 1.35. The standard InChI is InChI=1S/C7H3F3INO3/c8-7(9,10)15-6-3(2-13)4(14)1-5(11)12-6/h1-2H,(H,12,14). The number of hydrogen-bond acceptors (Lipinski definition) is 3. The van der Waals surface area contributed by atoms with Crippen LogP contribution in [0.4, 0.5) is 13.2 Å². The summed E-state index contributed by atoms with van der Waals surface area (Å²) in [5, 5.41) is 0. The van der Waals surface area contributed by atoms with Gasteiger partial charge in [-0.3, -0.25) is 9.59 Å². The molecule has 0 radical (unpaired) electrons. The van der Waals surface area contributed by atoms with Crippen molar-refractivity contribution in [1.29, 1.82) is 0 Å². The van der Waals surface area contributed by atoms with E-state index in [0.717, 1.165) is 6.07 Å². The molecule has 4 nitrogen and oxygen atoms in total. The molecule has 1 aromatic rings. The minimum atomic E-state index is -4.95. The lowest BCUT2D eigenvalue weighted by Gasteiger charge is -2.10. The molecule has 0 fully saturated rings. The van der Waals surface area contributed by atoms with Crippen molar-refractivity contribution in [2.45, 2.75) is 6.36 Å². The minimum absolute atomic E-state index is 0.00991. The molecule has 8 heteroatoms. The molecule has 82 valence electrons. The van der Waals surface area contributed by atoms with E-state index in [9.17, 15) is 22.8 Å². The number of pyridine rings is 1. The highest BCUT2D eigenvalue weighted by Gasteiger charge is 2.33. The number of carbonyl (C=O) groups is 1. The van der Waals surface area contributed by atoms with Crippen LogP contribution >= 0.6 is 22.6 Å². The first-order valence-electron chi connectivity index (χ1n) is 3.47. The molecule has 1 heterocycles. The highest BCUT2D eigenvalue weighted by atomic mass is 127. The van der Waals surface area contributed by atoms with Gasteiger partial charge in [-0.15, -0.1) is 13.2 Å². The van der Waals surface area contributed by atoms with E-state index in [1.807, 2.05) is 0 Å². The number of aromatic nitrogens is 1. The van der Waals surface area contributed by atoms with Gasteiger partial charge in [-0.2, -0.15) is 0 Å². The molecule has 0 amide bonds. The molecule has 0 aliphatic heterocycles. The third-order valence-corrected chi connectivity index (χ3v) is 1.92. The van der Waals surface area contributed by atoms with E-state index in [-0.39, 0.29) is 9.99 Å². The lowest BCUT2D eigenvalue weighted by Crippen LogP contribution is -2.22. The quantitative estimate of drug-likeness (QED) is 0.509. The third kappa shape index (κ3) is 3.22. The summed E-state index contributed by atoms with van der Waals surface area (Å²) in [6.45, 7) is 0. The number of aromatic amines is 1. The third-order valence-electron chi connectivity index (χ3n) is 1.34. The van der Waals surface area contributed by atoms with Crippen molar-refractivity contribution in [2.24, 2.45) is 0 Å². The van der Waals surface area contributed by atoms with Crippen molar-refractivity contribution < 1.29 is 22.7 Å². The summed E-state index contributed by atoms with van der Waals surface area (Å²) in [4.78, 5) is 23.6. The molecule has 1 rings (SSSR count). The molecule has 0 spiro atoms. The first-order chi connectivity index (χ1) is 6.83. The molecular weight excluding hydrogens is 330 g/mol. The Balaban J connectivity index is 3.27. The molecule has 1 N–H and O–H groups in total. The maximum absolute atomic E-state index is 11.9. The van der Waals surface area contributed by atoms with E-state index in [2.05, 4.69) is 9.72 Å². The van der Waals surface area contributed by atoms with E-state index in [4.69, 9.17) is 0 Å². The van der Waals surface area contributed by atoms with Crippen LogP contribution in [0.5, 0.6) is 5.88 Å². The molecule has 0 saturated carbocycles. The molecule has 0 bridgehead atoms. The summed E-state index contributed by atoms with van der Waals surface area (Å²) >= 11 is 1.60. The summed E-state index contributed by atoms with van der Waals surface area (Å²) in [6, 6.07) is 0.994. The zero-order valence-electron chi connectivity index (χ0n) is 6.89. The zero-order valence-corrected chi connectivity index (χ0v) is 9.05. The van der Waals surface area contributed by atoms with Gasteiger partial charge in [0.15, 0.2) is 11.7 Å². The van der Waals surface area contributed by atoms with E-state index >= 15 is 0 Å². The lowest BCUT2D eigenvalue weighted by molar-refractivity contribution is -0.276. The Morgan fingerprint density at radius 1 is 1.47 bits per heavy atom. The Morgan fingerprint density at radius 3 is 2.53 bits per heavy atom. The molecular formula is C7H3F3INO3. The highest BCUT2D eigenvalue weighted by Crippen LogP contribution is 2.22. The van der Waals surface area contributed by atoms with Gasteiger partial charge in [0.1, 0.15) is 5.56 Å². The average molecular weight is 333 g/mol. The van der Waals surface area contributed by atoms with Gasteiger partial charge in [-0.05, 0) is 22.6 Å². The van der Waals surface area contributed by atoms with Gasteiger partial charge in [-0.1, -0.05) is 0 Å². The Hall–Kier alpha value is -1.06. The maximum Gasteiger partial charge on any atom is 0.574 e. The van der Waals surface area contributed by atoms with Crippen LogP contribution in [-0.2, 0) is 0 Å². The molecule has 15 heavy (non-hydrogen) atoms. The van der Waals surface area contributed by atoms with Gasteiger partial charge >= 0.3 is 6.36 Å². The Bertz CT molecular complexity index is 440. The normalized spacial score (nSPS) is 11.2. The molecule has 0 aliphatic rings. The number of nitrogens with one attached hydrogen (secondary N) is 1. The van der Waals surface area contributed by atoms with Gasteiger partial charge in [0.2, 0.25) is 5.88 Å². The predicted octanol–water partition coefficient (Wildman–Crippen LogP) is 1.69. The fraction of sp³-hybridized carbons (Fsp3) is 0.143. The van der Waals surface area contributed by atoms with Crippen LogP contribution in [-0.4, -0.2) is 17.6 Å². The molecule has 0 atom stereocenters. The monoisotopic (exact) mass is 333 g/mol. The van der Waals surface area contributed by atoms with Gasteiger partial charge in [0.25, 0.3) is 0 Å². The molecule has 0 saturated heterocycles. The summed E-state index contributed by atoms with van der Waals surface area (Å²) in [5.74, 6) is -0.894. The topological polar surface area (TPSA) is 59.2 Å². The van der Waals surface area contributed by atoms with Crippen molar-refractivity contribution in [3.05, 3.63) is 25.6 Å². The molecule has 0 unspecified atom stereocenters. The van der Waals surface area contributed by atoms with Crippen LogP contribution in [0.25, 0.3) is 0 Å². The van der Waals surface area contributed by atoms with Gasteiger partial charge in [0.05, 0.1) is 3.70 Å². The van der Waals surface area contributed by atoms with Crippen LogP contribution < -0.4 is 10.2 Å². The number of aldehydes is 1. The number of alkyl halides is 3. The molecule has 0 aromatic carbocycles. The largest absolute Gasteiger partial charge is 0.574 e. The van der Waals surface area contributed by atoms with Crippen molar-refractivity contribution in [2.75, 3.05) is 0 Å². The van der Waals surface area contributed by atoms with Gasteiger partial charge in [0, 0.05) is 6.07 Å². The number of halogens is 4. The number of ether oxygens (including phenoxy) is 1. The number of carbonyl (C=O) groups excluding carboxylic acids is 1. The van der Waals surface area contributed by atoms with Crippen LogP contribution in [0.3, 0.4) is 0 Å². The fourth-order valence-electron chi connectivity index (χ4n) is 0.824. The van der Waals surface area contributed by atoms with Gasteiger partial charge in [-0.25, -0.2) is 0 Å². The number of H-pyrrole nitrogens is 1. The smallest absolute Gasteiger partial charge is 0.389 e. The van der Waals surface area contributed by atoms with Gasteiger partial charge < -0.3 is 9.72 Å². The van der Waals surface area contributed by atoms with Crippen molar-refractivity contribution >= 4 is 28.9 Å². The lowest BCUT2D eigenvalue weighted by atomic mass is 10.3. The SMILES string of the molecule is O=Cc1c(OC(F)(F)F)[nH]c(I)cc1=O. The Labute approximate surface area is 94.6 Å². The Kier molecular flexibility index (Phi) is 3.37. The second kappa shape index (κ2) is 4.21. The first kappa shape index (κ1) is 12.0. The maximum atomic E-state index is 11.9. The second-order valence-electron chi connectivity index (χ2n) is 2.39. The summed E-state index contributed by atoms with van der Waals surface area (Å²) in [6.07, 6.45) is -4.94. The first-order valence-corrected chi connectivity index (χ1v) is 4.55. The molecule has 1 aromatic heterocycles. The number of hydrogen-bond donors (Lipinski definition) is 1. The van der Waals surface area contributed by atoms with Crippen LogP contribution in [0.1, 0.15) is 10.4 Å². The highest BCUT2D eigenvalue weighted by molar-refractivity contribution is 14.1. The van der Waals surface area contributed by atoms with Crippen molar-refractivity contribution in [3.63, 3.8) is 0 Å². The average Bonchev–Trinajstić information content (AvgIpc) is 1.99. The zero-order chi connectivity index (χ0) is 11.6. The van der Waals surface area contributed by atoms with Crippen molar-refractivity contribution in [1.82, 2.24) is 4.98 Å².